The van der Waals surface area contributed by atoms with Gasteiger partial charge >= 0.3 is 5.97 Å². The minimum absolute atomic E-state index is 0.0616. The number of carbonyl (C=O) groups is 1. The van der Waals surface area contributed by atoms with Crippen LogP contribution in [0.15, 0.2) is 49.1 Å². The number of halogens is 2. The molecule has 2 rings (SSSR count). The molecule has 5 nitrogen and oxygen atoms in total. The first kappa shape index (κ1) is 20.9. The van der Waals surface area contributed by atoms with Gasteiger partial charge in [-0.2, -0.15) is 0 Å². The fourth-order valence-corrected chi connectivity index (χ4v) is 6.55. The van der Waals surface area contributed by atoms with Gasteiger partial charge in [0.05, 0.1) is 18.4 Å². The van der Waals surface area contributed by atoms with Crippen LogP contribution in [-0.2, 0) is 21.1 Å². The van der Waals surface area contributed by atoms with Gasteiger partial charge in [-0.25, -0.2) is 8.42 Å². The Morgan fingerprint density at radius 2 is 1.73 bits per heavy atom. The van der Waals surface area contributed by atoms with Crippen LogP contribution in [0.1, 0.15) is 30.9 Å². The van der Waals surface area contributed by atoms with E-state index >= 15 is 0 Å². The number of hydrogen-bond acceptors (Lipinski definition) is 4. The molecule has 140 valence electrons. The minimum atomic E-state index is -3.82. The topological polar surface area (TPSA) is 80.7 Å². The van der Waals surface area contributed by atoms with Gasteiger partial charge in [-0.05, 0) is 79.2 Å². The zero-order valence-electron chi connectivity index (χ0n) is 14.4. The Labute approximate surface area is 169 Å². The van der Waals surface area contributed by atoms with Crippen LogP contribution in [-0.4, -0.2) is 26.6 Å². The lowest BCUT2D eigenvalue weighted by molar-refractivity contribution is -0.136. The van der Waals surface area contributed by atoms with Crippen LogP contribution in [0.3, 0.4) is 0 Å². The molecule has 0 unspecified atom stereocenters. The Hall–Kier alpha value is -1.38. The van der Waals surface area contributed by atoms with Crippen molar-refractivity contribution in [3.05, 3.63) is 50.4 Å². The zero-order valence-corrected chi connectivity index (χ0v) is 18.4. The van der Waals surface area contributed by atoms with Gasteiger partial charge in [-0.3, -0.25) is 4.79 Å². The third kappa shape index (κ3) is 4.29. The predicted octanol–water partition coefficient (Wildman–Crippen LogP) is 4.80. The summed E-state index contributed by atoms with van der Waals surface area (Å²) in [5.74, 6) is -0.269. The van der Waals surface area contributed by atoms with Crippen molar-refractivity contribution in [1.82, 2.24) is 0 Å². The van der Waals surface area contributed by atoms with E-state index in [0.29, 0.717) is 20.3 Å². The number of carboxylic acids is 1. The maximum absolute atomic E-state index is 13.2. The van der Waals surface area contributed by atoms with Crippen molar-refractivity contribution in [2.24, 2.45) is 0 Å². The molecule has 0 saturated heterocycles. The normalized spacial score (nSPS) is 11.6. The van der Waals surface area contributed by atoms with Crippen LogP contribution in [0.5, 0.6) is 5.75 Å². The van der Waals surface area contributed by atoms with Crippen LogP contribution in [0.2, 0.25) is 0 Å². The van der Waals surface area contributed by atoms with Crippen molar-refractivity contribution in [2.45, 2.75) is 36.0 Å². The fourth-order valence-electron chi connectivity index (χ4n) is 2.59. The summed E-state index contributed by atoms with van der Waals surface area (Å²) in [6.45, 7) is 3.92. The van der Waals surface area contributed by atoms with E-state index in [0.717, 1.165) is 5.56 Å². The largest absolute Gasteiger partial charge is 0.496 e. The van der Waals surface area contributed by atoms with E-state index in [2.05, 4.69) is 31.9 Å². The fraction of sp³-hybridized carbons (Fsp3) is 0.278. The number of carboxylic acid groups (broad SMARTS) is 1. The average molecular weight is 506 g/mol. The predicted molar refractivity (Wildman–Crippen MR) is 106 cm³/mol. The number of sulfone groups is 1. The van der Waals surface area contributed by atoms with Gasteiger partial charge in [0.1, 0.15) is 10.6 Å². The summed E-state index contributed by atoms with van der Waals surface area (Å²) in [6.07, 6.45) is -0.197. The van der Waals surface area contributed by atoms with E-state index in [4.69, 9.17) is 9.84 Å². The molecule has 26 heavy (non-hydrogen) atoms. The Morgan fingerprint density at radius 1 is 1.15 bits per heavy atom. The maximum atomic E-state index is 13.2. The lowest BCUT2D eigenvalue weighted by atomic mass is 10.0. The molecule has 8 heteroatoms. The van der Waals surface area contributed by atoms with Gasteiger partial charge in [0, 0.05) is 8.95 Å². The molecule has 0 fully saturated rings. The number of ether oxygens (including phenoxy) is 1. The molecule has 0 aliphatic rings. The molecule has 0 spiro atoms. The van der Waals surface area contributed by atoms with Crippen molar-refractivity contribution in [3.8, 4) is 5.75 Å². The first-order valence-corrected chi connectivity index (χ1v) is 10.8. The molecular weight excluding hydrogens is 488 g/mol. The highest BCUT2D eigenvalue weighted by molar-refractivity contribution is 9.11. The van der Waals surface area contributed by atoms with E-state index in [1.165, 1.54) is 18.2 Å². The Bertz CT molecular complexity index is 929. The second-order valence-corrected chi connectivity index (χ2v) is 9.62. The quantitative estimate of drug-likeness (QED) is 0.609. The SMILES string of the molecule is COc1ccc(S(=O)(=O)c2c(Br)cc(CC(=O)O)cc2Br)cc1C(C)C. The highest BCUT2D eigenvalue weighted by Crippen LogP contribution is 2.37. The molecule has 0 atom stereocenters. The molecule has 0 saturated carbocycles. The first-order chi connectivity index (χ1) is 12.1. The standard InChI is InChI=1S/C18H18Br2O5S/c1-10(2)13-9-12(4-5-16(13)25-3)26(23,24)18-14(19)6-11(7-15(18)20)8-17(21)22/h4-7,9-10H,8H2,1-3H3,(H,21,22). The van der Waals surface area contributed by atoms with E-state index in [1.54, 1.807) is 19.2 Å². The Balaban J connectivity index is 2.61. The molecule has 1 N–H and O–H groups in total. The monoisotopic (exact) mass is 504 g/mol. The van der Waals surface area contributed by atoms with Crippen LogP contribution < -0.4 is 4.74 Å². The number of hydrogen-bond donors (Lipinski definition) is 1. The van der Waals surface area contributed by atoms with Crippen LogP contribution in [0.25, 0.3) is 0 Å². The van der Waals surface area contributed by atoms with E-state index < -0.39 is 15.8 Å². The van der Waals surface area contributed by atoms with E-state index in [-0.39, 0.29) is 22.1 Å². The van der Waals surface area contributed by atoms with Crippen LogP contribution >= 0.6 is 31.9 Å². The van der Waals surface area contributed by atoms with Crippen LogP contribution in [0.4, 0.5) is 0 Å². The lowest BCUT2D eigenvalue weighted by Crippen LogP contribution is -2.07. The molecule has 0 heterocycles. The van der Waals surface area contributed by atoms with Crippen molar-refractivity contribution in [1.29, 1.82) is 0 Å². The van der Waals surface area contributed by atoms with Gasteiger partial charge in [-0.1, -0.05) is 13.8 Å². The third-order valence-electron chi connectivity index (χ3n) is 3.82. The summed E-state index contributed by atoms with van der Waals surface area (Å²) in [7, 11) is -2.28. The summed E-state index contributed by atoms with van der Waals surface area (Å²) in [6, 6.07) is 7.78. The summed E-state index contributed by atoms with van der Waals surface area (Å²) in [5, 5.41) is 8.93. The van der Waals surface area contributed by atoms with Crippen molar-refractivity contribution < 1.29 is 23.1 Å². The molecule has 2 aromatic carbocycles. The van der Waals surface area contributed by atoms with E-state index in [1.807, 2.05) is 13.8 Å². The third-order valence-corrected chi connectivity index (χ3v) is 7.44. The Morgan fingerprint density at radius 3 is 2.19 bits per heavy atom. The number of rotatable bonds is 6. The highest BCUT2D eigenvalue weighted by Gasteiger charge is 2.26. The van der Waals surface area contributed by atoms with Gasteiger partial charge in [0.15, 0.2) is 0 Å². The van der Waals surface area contributed by atoms with Gasteiger partial charge in [-0.15, -0.1) is 0 Å². The second-order valence-electron chi connectivity index (χ2n) is 6.02. The van der Waals surface area contributed by atoms with Crippen molar-refractivity contribution in [2.75, 3.05) is 7.11 Å². The highest BCUT2D eigenvalue weighted by atomic mass is 79.9. The molecular formula is C18H18Br2O5S. The van der Waals surface area contributed by atoms with Crippen molar-refractivity contribution in [3.63, 3.8) is 0 Å². The molecule has 0 aliphatic heterocycles. The molecule has 0 amide bonds. The summed E-state index contributed by atoms with van der Waals surface area (Å²) < 4.78 is 32.3. The molecule has 0 bridgehead atoms. The van der Waals surface area contributed by atoms with Crippen LogP contribution in [0, 0.1) is 0 Å². The average Bonchev–Trinajstić information content (AvgIpc) is 2.52. The minimum Gasteiger partial charge on any atom is -0.496 e. The summed E-state index contributed by atoms with van der Waals surface area (Å²) >= 11 is 6.54. The molecule has 2 aromatic rings. The molecule has 0 aromatic heterocycles. The Kier molecular flexibility index (Phi) is 6.52. The van der Waals surface area contributed by atoms with Gasteiger partial charge < -0.3 is 9.84 Å². The molecule has 0 radical (unpaired) electrons. The first-order valence-electron chi connectivity index (χ1n) is 7.70. The zero-order chi connectivity index (χ0) is 19.6. The van der Waals surface area contributed by atoms with Crippen molar-refractivity contribution >= 4 is 47.7 Å². The number of aliphatic carboxylic acids is 1. The van der Waals surface area contributed by atoms with E-state index in [9.17, 15) is 13.2 Å². The lowest BCUT2D eigenvalue weighted by Gasteiger charge is -2.15. The second kappa shape index (κ2) is 8.10. The smallest absolute Gasteiger partial charge is 0.307 e. The van der Waals surface area contributed by atoms with Gasteiger partial charge in [0.2, 0.25) is 9.84 Å². The summed E-state index contributed by atoms with van der Waals surface area (Å²) in [5.41, 5.74) is 1.29. The number of methoxy groups -OCH3 is 1. The molecule has 0 aliphatic carbocycles. The summed E-state index contributed by atoms with van der Waals surface area (Å²) in [4.78, 5) is 11.1. The van der Waals surface area contributed by atoms with Gasteiger partial charge in [0.25, 0.3) is 0 Å². The number of benzene rings is 2. The maximum Gasteiger partial charge on any atom is 0.307 e.